The number of amides is 1. The summed E-state index contributed by atoms with van der Waals surface area (Å²) in [6.45, 7) is 1.30. The predicted molar refractivity (Wildman–Crippen MR) is 110 cm³/mol. The first-order valence-electron chi connectivity index (χ1n) is 9.52. The quantitative estimate of drug-likeness (QED) is 0.471. The molecule has 2 aromatic heterocycles. The van der Waals surface area contributed by atoms with Gasteiger partial charge in [0.1, 0.15) is 5.82 Å². The Morgan fingerprint density at radius 3 is 2.48 bits per heavy atom. The van der Waals surface area contributed by atoms with E-state index in [-0.39, 0.29) is 17.5 Å². The van der Waals surface area contributed by atoms with Gasteiger partial charge in [-0.25, -0.2) is 24.0 Å². The van der Waals surface area contributed by atoms with Crippen LogP contribution in [-0.2, 0) is 11.8 Å². The fourth-order valence-electron chi connectivity index (χ4n) is 3.53. The third kappa shape index (κ3) is 4.24. The van der Waals surface area contributed by atoms with Crippen LogP contribution in [-0.4, -0.2) is 54.0 Å². The molecule has 0 atom stereocenters. The maximum atomic E-state index is 12.6. The first kappa shape index (κ1) is 19.4. The lowest BCUT2D eigenvalue weighted by atomic mass is 9.95. The van der Waals surface area contributed by atoms with Gasteiger partial charge in [-0.05, 0) is 31.0 Å². The zero-order valence-electron chi connectivity index (χ0n) is 16.1. The molecule has 0 saturated carbocycles. The Kier molecular flexibility index (Phi) is 5.75. The van der Waals surface area contributed by atoms with Gasteiger partial charge in [-0.1, -0.05) is 30.0 Å². The molecule has 3 aromatic rings. The fraction of sp³-hybridized carbons (Fsp3) is 0.350. The molecule has 29 heavy (non-hydrogen) atoms. The van der Waals surface area contributed by atoms with Gasteiger partial charge in [0, 0.05) is 38.4 Å². The number of carbonyl (C=O) groups is 1. The molecule has 3 heterocycles. The first-order chi connectivity index (χ1) is 14.1. The zero-order chi connectivity index (χ0) is 20.2. The molecule has 1 aliphatic heterocycles. The smallest absolute Gasteiger partial charge is 0.342 e. The van der Waals surface area contributed by atoms with E-state index in [0.717, 1.165) is 24.4 Å². The highest BCUT2D eigenvalue weighted by Crippen LogP contribution is 2.28. The Morgan fingerprint density at radius 2 is 1.79 bits per heavy atom. The summed E-state index contributed by atoms with van der Waals surface area (Å²) in [5.74, 6) is 1.32. The number of nitrogens with zero attached hydrogens (tertiary/aromatic N) is 6. The van der Waals surface area contributed by atoms with E-state index in [1.165, 1.54) is 16.4 Å². The van der Waals surface area contributed by atoms with Crippen LogP contribution in [0.15, 0.2) is 58.7 Å². The number of hydrogen-bond acceptors (Lipinski definition) is 6. The summed E-state index contributed by atoms with van der Waals surface area (Å²) in [6, 6.07) is 11.3. The molecule has 0 radical (unpaired) electrons. The van der Waals surface area contributed by atoms with Crippen molar-refractivity contribution < 1.29 is 4.79 Å². The molecule has 1 amide bonds. The molecule has 1 fully saturated rings. The largest absolute Gasteiger partial charge is 0.350 e. The number of rotatable bonds is 5. The number of hydrogen-bond donors (Lipinski definition) is 0. The molecule has 0 unspecified atom stereocenters. The average molecular weight is 411 g/mol. The van der Waals surface area contributed by atoms with Gasteiger partial charge in [-0.2, -0.15) is 5.10 Å². The van der Waals surface area contributed by atoms with Gasteiger partial charge >= 0.3 is 5.69 Å². The van der Waals surface area contributed by atoms with Crippen LogP contribution in [0.2, 0.25) is 0 Å². The standard InChI is InChI=1S/C20H22N6O2S/c1-24-20(28)26(16-6-3-2-4-7-16)18(23-24)15-8-12-25(13-9-15)17(27)14-29-19-21-10-5-11-22-19/h2-7,10-11,15H,8-9,12-14H2,1H3. The Morgan fingerprint density at radius 1 is 1.10 bits per heavy atom. The monoisotopic (exact) mass is 410 g/mol. The van der Waals surface area contributed by atoms with Crippen LogP contribution in [0.1, 0.15) is 24.6 Å². The van der Waals surface area contributed by atoms with Crippen LogP contribution >= 0.6 is 11.8 Å². The zero-order valence-corrected chi connectivity index (χ0v) is 17.0. The van der Waals surface area contributed by atoms with Crippen molar-refractivity contribution in [2.24, 2.45) is 7.05 Å². The van der Waals surface area contributed by atoms with Crippen LogP contribution in [0.4, 0.5) is 0 Å². The summed E-state index contributed by atoms with van der Waals surface area (Å²) in [4.78, 5) is 35.3. The summed E-state index contributed by atoms with van der Waals surface area (Å²) >= 11 is 1.35. The number of thioether (sulfide) groups is 1. The second-order valence-corrected chi connectivity index (χ2v) is 7.85. The molecule has 1 aromatic carbocycles. The van der Waals surface area contributed by atoms with Gasteiger partial charge in [0.2, 0.25) is 5.91 Å². The van der Waals surface area contributed by atoms with Crippen LogP contribution < -0.4 is 5.69 Å². The Balaban J connectivity index is 1.42. The summed E-state index contributed by atoms with van der Waals surface area (Å²) in [7, 11) is 1.67. The van der Waals surface area contributed by atoms with E-state index in [2.05, 4.69) is 15.1 Å². The van der Waals surface area contributed by atoms with E-state index in [0.29, 0.717) is 24.0 Å². The van der Waals surface area contributed by atoms with E-state index in [4.69, 9.17) is 0 Å². The van der Waals surface area contributed by atoms with Crippen molar-refractivity contribution in [1.29, 1.82) is 0 Å². The van der Waals surface area contributed by atoms with Gasteiger partial charge in [-0.3, -0.25) is 4.79 Å². The van der Waals surface area contributed by atoms with Crippen molar-refractivity contribution >= 4 is 17.7 Å². The number of aromatic nitrogens is 5. The first-order valence-corrected chi connectivity index (χ1v) is 10.5. The highest BCUT2D eigenvalue weighted by atomic mass is 32.2. The summed E-state index contributed by atoms with van der Waals surface area (Å²) in [5.41, 5.74) is 0.669. The molecule has 8 nitrogen and oxygen atoms in total. The average Bonchev–Trinajstić information content (AvgIpc) is 3.08. The van der Waals surface area contributed by atoms with E-state index < -0.39 is 0 Å². The third-order valence-electron chi connectivity index (χ3n) is 5.04. The Labute approximate surface area is 172 Å². The minimum atomic E-state index is -0.149. The molecule has 9 heteroatoms. The van der Waals surface area contributed by atoms with Crippen LogP contribution in [0.5, 0.6) is 0 Å². The molecule has 4 rings (SSSR count). The van der Waals surface area contributed by atoms with Crippen molar-refractivity contribution in [2.75, 3.05) is 18.8 Å². The topological polar surface area (TPSA) is 85.9 Å². The molecule has 1 aliphatic rings. The molecular formula is C20H22N6O2S. The lowest BCUT2D eigenvalue weighted by Crippen LogP contribution is -2.39. The molecule has 0 bridgehead atoms. The normalized spacial score (nSPS) is 14.9. The van der Waals surface area contributed by atoms with Crippen molar-refractivity contribution in [3.63, 3.8) is 0 Å². The molecule has 0 spiro atoms. The van der Waals surface area contributed by atoms with Gasteiger partial charge in [0.25, 0.3) is 0 Å². The number of carbonyl (C=O) groups excluding carboxylic acids is 1. The highest BCUT2D eigenvalue weighted by Gasteiger charge is 2.28. The minimum Gasteiger partial charge on any atom is -0.342 e. The maximum Gasteiger partial charge on any atom is 0.350 e. The lowest BCUT2D eigenvalue weighted by molar-refractivity contribution is -0.129. The van der Waals surface area contributed by atoms with E-state index in [9.17, 15) is 9.59 Å². The fourth-order valence-corrected chi connectivity index (χ4v) is 4.24. The van der Waals surface area contributed by atoms with E-state index in [1.54, 1.807) is 30.1 Å². The molecular weight excluding hydrogens is 388 g/mol. The van der Waals surface area contributed by atoms with Crippen LogP contribution in [0, 0.1) is 0 Å². The third-order valence-corrected chi connectivity index (χ3v) is 5.90. The summed E-state index contributed by atoms with van der Waals surface area (Å²) < 4.78 is 3.07. The summed E-state index contributed by atoms with van der Waals surface area (Å²) in [5, 5.41) is 5.11. The van der Waals surface area contributed by atoms with Gasteiger partial charge in [0.05, 0.1) is 11.4 Å². The number of para-hydroxylation sites is 1. The van der Waals surface area contributed by atoms with Crippen LogP contribution in [0.3, 0.4) is 0 Å². The molecule has 0 N–H and O–H groups in total. The van der Waals surface area contributed by atoms with Crippen molar-refractivity contribution in [3.05, 3.63) is 65.1 Å². The van der Waals surface area contributed by atoms with E-state index in [1.807, 2.05) is 35.2 Å². The Bertz CT molecular complexity index is 1030. The number of benzene rings is 1. The van der Waals surface area contributed by atoms with Gasteiger partial charge in [-0.15, -0.1) is 0 Å². The highest BCUT2D eigenvalue weighted by molar-refractivity contribution is 7.99. The molecule has 0 aliphatic carbocycles. The number of piperidine rings is 1. The second kappa shape index (κ2) is 8.60. The molecule has 1 saturated heterocycles. The Hall–Kier alpha value is -2.94. The lowest BCUT2D eigenvalue weighted by Gasteiger charge is -2.31. The number of aryl methyl sites for hydroxylation is 1. The van der Waals surface area contributed by atoms with Crippen molar-refractivity contribution in [1.82, 2.24) is 29.2 Å². The minimum absolute atomic E-state index is 0.0855. The van der Waals surface area contributed by atoms with E-state index >= 15 is 0 Å². The van der Waals surface area contributed by atoms with Crippen molar-refractivity contribution in [2.45, 2.75) is 23.9 Å². The van der Waals surface area contributed by atoms with Crippen molar-refractivity contribution in [3.8, 4) is 5.69 Å². The maximum absolute atomic E-state index is 12.6. The molecule has 150 valence electrons. The van der Waals surface area contributed by atoms with Gasteiger partial charge < -0.3 is 4.90 Å². The SMILES string of the molecule is Cn1nc(C2CCN(C(=O)CSc3ncccn3)CC2)n(-c2ccccc2)c1=O. The van der Waals surface area contributed by atoms with Gasteiger partial charge in [0.15, 0.2) is 5.16 Å². The predicted octanol–water partition coefficient (Wildman–Crippen LogP) is 1.86. The number of likely N-dealkylation sites (tertiary alicyclic amines) is 1. The van der Waals surface area contributed by atoms with Crippen LogP contribution in [0.25, 0.3) is 5.69 Å². The summed E-state index contributed by atoms with van der Waals surface area (Å²) in [6.07, 6.45) is 4.90. The second-order valence-electron chi connectivity index (χ2n) is 6.91.